The summed E-state index contributed by atoms with van der Waals surface area (Å²) in [5, 5.41) is 0. The average Bonchev–Trinajstić information content (AvgIpc) is 2.73. The molecule has 2 rings (SSSR count). The molecule has 0 aliphatic carbocycles. The molecule has 0 amide bonds. The Morgan fingerprint density at radius 3 is 2.41 bits per heavy atom. The fourth-order valence-electron chi connectivity index (χ4n) is 3.41. The van der Waals surface area contributed by atoms with E-state index in [1.165, 1.54) is 37.4 Å². The van der Waals surface area contributed by atoms with Gasteiger partial charge in [-0.15, -0.1) is 0 Å². The normalized spacial score (nSPS) is 34.4. The zero-order valence-corrected chi connectivity index (χ0v) is 12.3. The van der Waals surface area contributed by atoms with Gasteiger partial charge in [0.1, 0.15) is 0 Å². The van der Waals surface area contributed by atoms with Crippen LogP contribution in [-0.2, 0) is 0 Å². The van der Waals surface area contributed by atoms with Crippen molar-refractivity contribution in [2.75, 3.05) is 45.2 Å². The second-order valence-corrected chi connectivity index (χ2v) is 7.18. The van der Waals surface area contributed by atoms with E-state index < -0.39 is 0 Å². The molecule has 2 heterocycles. The summed E-state index contributed by atoms with van der Waals surface area (Å²) in [5.74, 6) is 3.34. The van der Waals surface area contributed by atoms with Gasteiger partial charge in [-0.05, 0) is 44.4 Å². The first-order valence-electron chi connectivity index (χ1n) is 6.78. The Bertz CT molecular complexity index is 251. The second-order valence-electron chi connectivity index (χ2n) is 5.95. The van der Waals surface area contributed by atoms with E-state index in [1.54, 1.807) is 0 Å². The number of hydrogen-bond donors (Lipinski definition) is 1. The quantitative estimate of drug-likeness (QED) is 0.820. The SMILES string of the molecule is CC1CN(C2(CN)CCSCC2)CC1N(C)C. The van der Waals surface area contributed by atoms with E-state index in [9.17, 15) is 0 Å². The third kappa shape index (κ3) is 2.65. The molecule has 0 aromatic rings. The van der Waals surface area contributed by atoms with E-state index in [0.717, 1.165) is 12.5 Å². The van der Waals surface area contributed by atoms with Gasteiger partial charge in [-0.25, -0.2) is 0 Å². The van der Waals surface area contributed by atoms with Crippen LogP contribution in [0.4, 0.5) is 0 Å². The second kappa shape index (κ2) is 5.47. The smallest absolute Gasteiger partial charge is 0.0348 e. The molecular weight excluding hydrogens is 230 g/mol. The Morgan fingerprint density at radius 2 is 1.94 bits per heavy atom. The van der Waals surface area contributed by atoms with E-state index in [1.807, 2.05) is 0 Å². The molecule has 2 aliphatic rings. The van der Waals surface area contributed by atoms with Gasteiger partial charge >= 0.3 is 0 Å². The lowest BCUT2D eigenvalue weighted by molar-refractivity contribution is 0.103. The minimum absolute atomic E-state index is 0.310. The van der Waals surface area contributed by atoms with Gasteiger partial charge in [0.15, 0.2) is 0 Å². The van der Waals surface area contributed by atoms with E-state index in [2.05, 4.69) is 42.6 Å². The molecule has 2 unspecified atom stereocenters. The van der Waals surface area contributed by atoms with Crippen LogP contribution in [0.2, 0.25) is 0 Å². The van der Waals surface area contributed by atoms with Gasteiger partial charge in [0.05, 0.1) is 0 Å². The topological polar surface area (TPSA) is 32.5 Å². The Morgan fingerprint density at radius 1 is 1.29 bits per heavy atom. The summed E-state index contributed by atoms with van der Waals surface area (Å²) in [5.41, 5.74) is 6.43. The van der Waals surface area contributed by atoms with Gasteiger partial charge in [0, 0.05) is 31.2 Å². The van der Waals surface area contributed by atoms with Crippen molar-refractivity contribution in [2.45, 2.75) is 31.3 Å². The molecule has 2 N–H and O–H groups in total. The fraction of sp³-hybridized carbons (Fsp3) is 1.00. The van der Waals surface area contributed by atoms with Crippen molar-refractivity contribution in [3.63, 3.8) is 0 Å². The lowest BCUT2D eigenvalue weighted by Crippen LogP contribution is -2.55. The lowest BCUT2D eigenvalue weighted by Gasteiger charge is -2.44. The predicted molar refractivity (Wildman–Crippen MR) is 76.6 cm³/mol. The van der Waals surface area contributed by atoms with Gasteiger partial charge in [0.25, 0.3) is 0 Å². The highest BCUT2D eigenvalue weighted by molar-refractivity contribution is 7.99. The van der Waals surface area contributed by atoms with Crippen LogP contribution in [-0.4, -0.2) is 66.6 Å². The van der Waals surface area contributed by atoms with Crippen molar-refractivity contribution < 1.29 is 0 Å². The van der Waals surface area contributed by atoms with Crippen LogP contribution < -0.4 is 5.73 Å². The summed E-state index contributed by atoms with van der Waals surface area (Å²) >= 11 is 2.09. The molecule has 2 saturated heterocycles. The highest BCUT2D eigenvalue weighted by atomic mass is 32.2. The Labute approximate surface area is 110 Å². The van der Waals surface area contributed by atoms with Crippen molar-refractivity contribution in [1.29, 1.82) is 0 Å². The zero-order chi connectivity index (χ0) is 12.5. The summed E-state index contributed by atoms with van der Waals surface area (Å²) < 4.78 is 0. The molecular formula is C13H27N3S. The zero-order valence-electron chi connectivity index (χ0n) is 11.5. The number of thioether (sulfide) groups is 1. The van der Waals surface area contributed by atoms with Gasteiger partial charge < -0.3 is 10.6 Å². The van der Waals surface area contributed by atoms with Crippen molar-refractivity contribution in [1.82, 2.24) is 9.80 Å². The van der Waals surface area contributed by atoms with Gasteiger partial charge in [0.2, 0.25) is 0 Å². The first-order valence-corrected chi connectivity index (χ1v) is 7.94. The van der Waals surface area contributed by atoms with Gasteiger partial charge in [-0.1, -0.05) is 6.92 Å². The summed E-state index contributed by atoms with van der Waals surface area (Å²) in [6, 6.07) is 0.702. The summed E-state index contributed by atoms with van der Waals surface area (Å²) in [6.07, 6.45) is 2.56. The maximum Gasteiger partial charge on any atom is 0.0348 e. The van der Waals surface area contributed by atoms with E-state index in [4.69, 9.17) is 5.73 Å². The molecule has 0 bridgehead atoms. The van der Waals surface area contributed by atoms with Crippen molar-refractivity contribution in [3.8, 4) is 0 Å². The van der Waals surface area contributed by atoms with Crippen LogP contribution in [0.5, 0.6) is 0 Å². The Hall–Kier alpha value is 0.230. The average molecular weight is 257 g/mol. The molecule has 0 radical (unpaired) electrons. The monoisotopic (exact) mass is 257 g/mol. The number of hydrogen-bond acceptors (Lipinski definition) is 4. The summed E-state index contributed by atoms with van der Waals surface area (Å²) in [6.45, 7) is 5.65. The van der Waals surface area contributed by atoms with Crippen LogP contribution in [0.1, 0.15) is 19.8 Å². The number of nitrogens with zero attached hydrogens (tertiary/aromatic N) is 2. The van der Waals surface area contributed by atoms with Crippen LogP contribution in [0.3, 0.4) is 0 Å². The Kier molecular flexibility index (Phi) is 4.40. The highest BCUT2D eigenvalue weighted by Gasteiger charge is 2.43. The minimum Gasteiger partial charge on any atom is -0.329 e. The molecule has 2 atom stereocenters. The highest BCUT2D eigenvalue weighted by Crippen LogP contribution is 2.36. The van der Waals surface area contributed by atoms with E-state index >= 15 is 0 Å². The molecule has 2 fully saturated rings. The molecule has 3 nitrogen and oxygen atoms in total. The van der Waals surface area contributed by atoms with Crippen molar-refractivity contribution in [3.05, 3.63) is 0 Å². The Balaban J connectivity index is 2.06. The maximum atomic E-state index is 6.12. The van der Waals surface area contributed by atoms with Crippen LogP contribution in [0.25, 0.3) is 0 Å². The van der Waals surface area contributed by atoms with Crippen LogP contribution >= 0.6 is 11.8 Å². The minimum atomic E-state index is 0.310. The summed E-state index contributed by atoms with van der Waals surface area (Å²) in [4.78, 5) is 5.08. The van der Waals surface area contributed by atoms with Gasteiger partial charge in [-0.3, -0.25) is 4.90 Å². The van der Waals surface area contributed by atoms with Crippen molar-refractivity contribution >= 4 is 11.8 Å². The molecule has 100 valence electrons. The molecule has 4 heteroatoms. The van der Waals surface area contributed by atoms with Crippen LogP contribution in [0, 0.1) is 5.92 Å². The largest absolute Gasteiger partial charge is 0.329 e. The van der Waals surface area contributed by atoms with Gasteiger partial charge in [-0.2, -0.15) is 11.8 Å². The molecule has 0 saturated carbocycles. The predicted octanol–water partition coefficient (Wildman–Crippen LogP) is 1.09. The first kappa shape index (κ1) is 13.7. The molecule has 0 spiro atoms. The maximum absolute atomic E-state index is 6.12. The summed E-state index contributed by atoms with van der Waals surface area (Å²) in [7, 11) is 4.41. The number of rotatable bonds is 3. The molecule has 0 aromatic carbocycles. The first-order chi connectivity index (χ1) is 8.09. The number of nitrogens with two attached hydrogens (primary N) is 1. The fourth-order valence-corrected chi connectivity index (χ4v) is 4.66. The molecule has 2 aliphatic heterocycles. The standard InChI is InChI=1S/C13H27N3S/c1-11-8-16(9-12(11)15(2)3)13(10-14)4-6-17-7-5-13/h11-12H,4-10,14H2,1-3H3. The number of likely N-dealkylation sites (N-methyl/N-ethyl adjacent to an activating group) is 1. The lowest BCUT2D eigenvalue weighted by atomic mass is 9.90. The number of likely N-dealkylation sites (tertiary alicyclic amines) is 1. The molecule has 0 aromatic heterocycles. The van der Waals surface area contributed by atoms with E-state index in [-0.39, 0.29) is 0 Å². The third-order valence-electron chi connectivity index (χ3n) is 4.71. The van der Waals surface area contributed by atoms with Crippen molar-refractivity contribution in [2.24, 2.45) is 11.7 Å². The van der Waals surface area contributed by atoms with E-state index in [0.29, 0.717) is 11.6 Å². The van der Waals surface area contributed by atoms with Crippen LogP contribution in [0.15, 0.2) is 0 Å². The third-order valence-corrected chi connectivity index (χ3v) is 5.70. The molecule has 17 heavy (non-hydrogen) atoms.